The Morgan fingerprint density at radius 2 is 1.56 bits per heavy atom. The first-order chi connectivity index (χ1) is 18.5. The van der Waals surface area contributed by atoms with Crippen LogP contribution in [0.3, 0.4) is 0 Å². The summed E-state index contributed by atoms with van der Waals surface area (Å²) in [5.41, 5.74) is 3.99. The minimum Gasteiger partial charge on any atom is -0.497 e. The summed E-state index contributed by atoms with van der Waals surface area (Å²) in [6, 6.07) is 18.2. The zero-order chi connectivity index (χ0) is 28.7. The van der Waals surface area contributed by atoms with E-state index in [1.54, 1.807) is 43.5 Å². The van der Waals surface area contributed by atoms with Gasteiger partial charge in [-0.25, -0.2) is 8.42 Å². The quantitative estimate of drug-likeness (QED) is 0.382. The van der Waals surface area contributed by atoms with Crippen LogP contribution in [-0.4, -0.2) is 51.9 Å². The van der Waals surface area contributed by atoms with Gasteiger partial charge in [0.1, 0.15) is 18.3 Å². The third-order valence-corrected chi connectivity index (χ3v) is 8.60. The Hall–Kier alpha value is -3.85. The topological polar surface area (TPSA) is 96.0 Å². The van der Waals surface area contributed by atoms with Gasteiger partial charge in [-0.1, -0.05) is 42.8 Å². The van der Waals surface area contributed by atoms with Gasteiger partial charge in [-0.05, 0) is 80.3 Å². The number of anilines is 1. The van der Waals surface area contributed by atoms with Crippen molar-refractivity contribution >= 4 is 27.5 Å². The lowest BCUT2D eigenvalue weighted by Crippen LogP contribution is -2.51. The van der Waals surface area contributed by atoms with Crippen LogP contribution in [0.5, 0.6) is 5.75 Å². The standard InChI is InChI=1S/C30H37N3O5S/c1-7-28(30(35)31-5)32(19-24-11-14-26(38-6)15-12-24)29(34)20-33(25-13-10-22(3)23(4)18-25)39(36,37)27-16-8-21(2)9-17-27/h8-18,28H,7,19-20H2,1-6H3,(H,31,35). The Kier molecular flexibility index (Phi) is 9.75. The lowest BCUT2D eigenvalue weighted by Gasteiger charge is -2.33. The third-order valence-electron chi connectivity index (χ3n) is 6.81. The van der Waals surface area contributed by atoms with E-state index in [1.165, 1.54) is 24.1 Å². The van der Waals surface area contributed by atoms with Gasteiger partial charge in [0.2, 0.25) is 11.8 Å². The molecular weight excluding hydrogens is 514 g/mol. The van der Waals surface area contributed by atoms with Crippen LogP contribution in [0.1, 0.15) is 35.6 Å². The van der Waals surface area contributed by atoms with Gasteiger partial charge in [0.25, 0.3) is 10.0 Å². The average molecular weight is 552 g/mol. The van der Waals surface area contributed by atoms with E-state index >= 15 is 0 Å². The zero-order valence-electron chi connectivity index (χ0n) is 23.4. The number of aryl methyl sites for hydroxylation is 3. The van der Waals surface area contributed by atoms with E-state index in [4.69, 9.17) is 4.74 Å². The molecule has 0 bridgehead atoms. The fourth-order valence-corrected chi connectivity index (χ4v) is 5.67. The summed E-state index contributed by atoms with van der Waals surface area (Å²) in [7, 11) is -1.01. The second kappa shape index (κ2) is 12.8. The smallest absolute Gasteiger partial charge is 0.264 e. The maximum atomic E-state index is 14.0. The summed E-state index contributed by atoms with van der Waals surface area (Å²) in [5.74, 6) is -0.145. The van der Waals surface area contributed by atoms with Crippen molar-refractivity contribution in [1.29, 1.82) is 0 Å². The van der Waals surface area contributed by atoms with Crippen molar-refractivity contribution in [3.63, 3.8) is 0 Å². The minimum atomic E-state index is -4.10. The van der Waals surface area contributed by atoms with Crippen molar-refractivity contribution in [2.75, 3.05) is 25.0 Å². The largest absolute Gasteiger partial charge is 0.497 e. The molecule has 39 heavy (non-hydrogen) atoms. The highest BCUT2D eigenvalue weighted by atomic mass is 32.2. The number of nitrogens with zero attached hydrogens (tertiary/aromatic N) is 2. The number of sulfonamides is 1. The maximum absolute atomic E-state index is 14.0. The SMILES string of the molecule is CCC(C(=O)NC)N(Cc1ccc(OC)cc1)C(=O)CN(c1ccc(C)c(C)c1)S(=O)(=O)c1ccc(C)cc1. The van der Waals surface area contributed by atoms with E-state index < -0.39 is 28.5 Å². The van der Waals surface area contributed by atoms with Crippen LogP contribution in [0, 0.1) is 20.8 Å². The predicted molar refractivity (Wildman–Crippen MR) is 153 cm³/mol. The van der Waals surface area contributed by atoms with E-state index in [2.05, 4.69) is 5.32 Å². The summed E-state index contributed by atoms with van der Waals surface area (Å²) in [6.45, 7) is 7.18. The van der Waals surface area contributed by atoms with Crippen molar-refractivity contribution < 1.29 is 22.7 Å². The average Bonchev–Trinajstić information content (AvgIpc) is 2.93. The Balaban J connectivity index is 2.07. The number of benzene rings is 3. The van der Waals surface area contributed by atoms with Gasteiger partial charge < -0.3 is 15.0 Å². The van der Waals surface area contributed by atoms with E-state index in [1.807, 2.05) is 45.9 Å². The molecule has 0 saturated heterocycles. The molecule has 0 radical (unpaired) electrons. The highest BCUT2D eigenvalue weighted by Gasteiger charge is 2.33. The first kappa shape index (κ1) is 29.7. The molecule has 208 valence electrons. The predicted octanol–water partition coefficient (Wildman–Crippen LogP) is 4.37. The summed E-state index contributed by atoms with van der Waals surface area (Å²) in [4.78, 5) is 28.3. The molecule has 1 atom stereocenters. The summed E-state index contributed by atoms with van der Waals surface area (Å²) < 4.78 is 34.2. The van der Waals surface area contributed by atoms with Gasteiger partial charge in [0.15, 0.2) is 0 Å². The molecule has 0 aliphatic rings. The first-order valence-corrected chi connectivity index (χ1v) is 14.3. The monoisotopic (exact) mass is 551 g/mol. The molecule has 8 nitrogen and oxygen atoms in total. The van der Waals surface area contributed by atoms with Crippen LogP contribution >= 0.6 is 0 Å². The molecule has 0 aliphatic heterocycles. The summed E-state index contributed by atoms with van der Waals surface area (Å²) in [6.07, 6.45) is 0.357. The van der Waals surface area contributed by atoms with Gasteiger partial charge in [0, 0.05) is 13.6 Å². The lowest BCUT2D eigenvalue weighted by atomic mass is 10.1. The Labute approximate surface area is 231 Å². The molecule has 9 heteroatoms. The number of nitrogens with one attached hydrogen (secondary N) is 1. The molecule has 0 fully saturated rings. The number of carbonyl (C=O) groups excluding carboxylic acids is 2. The van der Waals surface area contributed by atoms with Crippen molar-refractivity contribution in [2.24, 2.45) is 0 Å². The number of ether oxygens (including phenoxy) is 1. The van der Waals surface area contributed by atoms with Crippen molar-refractivity contribution in [2.45, 2.75) is 51.6 Å². The number of likely N-dealkylation sites (N-methyl/N-ethyl adjacent to an activating group) is 1. The normalized spacial score (nSPS) is 11.9. The Bertz CT molecular complexity index is 1400. The van der Waals surface area contributed by atoms with E-state index in [0.29, 0.717) is 17.9 Å². The highest BCUT2D eigenvalue weighted by Crippen LogP contribution is 2.27. The number of hydrogen-bond donors (Lipinski definition) is 1. The van der Waals surface area contributed by atoms with Crippen molar-refractivity contribution in [1.82, 2.24) is 10.2 Å². The van der Waals surface area contributed by atoms with Gasteiger partial charge in [-0.15, -0.1) is 0 Å². The molecule has 3 aromatic carbocycles. The molecule has 2 amide bonds. The molecule has 0 aromatic heterocycles. The van der Waals surface area contributed by atoms with Crippen molar-refractivity contribution in [3.05, 3.63) is 89.0 Å². The van der Waals surface area contributed by atoms with Gasteiger partial charge in [-0.3, -0.25) is 13.9 Å². The second-order valence-corrected chi connectivity index (χ2v) is 11.4. The zero-order valence-corrected chi connectivity index (χ0v) is 24.2. The lowest BCUT2D eigenvalue weighted by molar-refractivity contribution is -0.140. The van der Waals surface area contributed by atoms with Gasteiger partial charge in [-0.2, -0.15) is 0 Å². The fourth-order valence-electron chi connectivity index (χ4n) is 4.26. The molecule has 3 rings (SSSR count). The van der Waals surface area contributed by atoms with Gasteiger partial charge >= 0.3 is 0 Å². The molecule has 0 saturated carbocycles. The molecule has 1 unspecified atom stereocenters. The maximum Gasteiger partial charge on any atom is 0.264 e. The Morgan fingerprint density at radius 3 is 2.10 bits per heavy atom. The number of methoxy groups -OCH3 is 1. The van der Waals surface area contributed by atoms with Crippen LogP contribution in [0.25, 0.3) is 0 Å². The second-order valence-electron chi connectivity index (χ2n) is 9.50. The van der Waals surface area contributed by atoms with Crippen LogP contribution in [-0.2, 0) is 26.2 Å². The van der Waals surface area contributed by atoms with Gasteiger partial charge in [0.05, 0.1) is 17.7 Å². The summed E-state index contributed by atoms with van der Waals surface area (Å²) in [5, 5.41) is 2.63. The Morgan fingerprint density at radius 1 is 0.923 bits per heavy atom. The first-order valence-electron chi connectivity index (χ1n) is 12.8. The molecule has 0 heterocycles. The molecule has 1 N–H and O–H groups in total. The van der Waals surface area contributed by atoms with Crippen LogP contribution in [0.4, 0.5) is 5.69 Å². The number of hydrogen-bond acceptors (Lipinski definition) is 5. The van der Waals surface area contributed by atoms with Crippen LogP contribution in [0.15, 0.2) is 71.6 Å². The minimum absolute atomic E-state index is 0.0826. The molecule has 3 aromatic rings. The van der Waals surface area contributed by atoms with Crippen LogP contribution < -0.4 is 14.4 Å². The molecular formula is C30H37N3O5S. The summed E-state index contributed by atoms with van der Waals surface area (Å²) >= 11 is 0. The van der Waals surface area contributed by atoms with Crippen molar-refractivity contribution in [3.8, 4) is 5.75 Å². The van der Waals surface area contributed by atoms with E-state index in [0.717, 1.165) is 26.6 Å². The van der Waals surface area contributed by atoms with E-state index in [-0.39, 0.29) is 17.3 Å². The third kappa shape index (κ3) is 6.97. The fraction of sp³-hybridized carbons (Fsp3) is 0.333. The van der Waals surface area contributed by atoms with Crippen LogP contribution in [0.2, 0.25) is 0 Å². The number of amides is 2. The molecule has 0 aliphatic carbocycles. The van der Waals surface area contributed by atoms with E-state index in [9.17, 15) is 18.0 Å². The molecule has 0 spiro atoms. The number of carbonyl (C=O) groups is 2. The highest BCUT2D eigenvalue weighted by molar-refractivity contribution is 7.92. The number of rotatable bonds is 11.